The Morgan fingerprint density at radius 2 is 1.73 bits per heavy atom. The lowest BCUT2D eigenvalue weighted by atomic mass is 10.1. The van der Waals surface area contributed by atoms with Crippen LogP contribution in [0.15, 0.2) is 77.9 Å². The average Bonchev–Trinajstić information content (AvgIpc) is 2.87. The van der Waals surface area contributed by atoms with E-state index in [-0.39, 0.29) is 18.0 Å². The van der Waals surface area contributed by atoms with Gasteiger partial charge in [-0.1, -0.05) is 18.2 Å². The van der Waals surface area contributed by atoms with Crippen LogP contribution in [-0.4, -0.2) is 39.9 Å². The van der Waals surface area contributed by atoms with Crippen LogP contribution < -0.4 is 20.3 Å². The van der Waals surface area contributed by atoms with Crippen LogP contribution in [0.3, 0.4) is 0 Å². The molecule has 0 saturated heterocycles. The van der Waals surface area contributed by atoms with Gasteiger partial charge in [0.05, 0.1) is 43.9 Å². The highest BCUT2D eigenvalue weighted by Gasteiger charge is 2.18. The summed E-state index contributed by atoms with van der Waals surface area (Å²) in [6.07, 6.45) is 1.44. The van der Waals surface area contributed by atoms with Gasteiger partial charge < -0.3 is 14.8 Å². The van der Waals surface area contributed by atoms with Gasteiger partial charge in [-0.3, -0.25) is 9.59 Å². The molecule has 0 aliphatic rings. The fourth-order valence-electron chi connectivity index (χ4n) is 3.18. The summed E-state index contributed by atoms with van der Waals surface area (Å²) >= 11 is 0. The van der Waals surface area contributed by atoms with Gasteiger partial charge in [0.25, 0.3) is 11.5 Å². The summed E-state index contributed by atoms with van der Waals surface area (Å²) in [6, 6.07) is 19.3. The second kappa shape index (κ2) is 9.73. The molecule has 0 fully saturated rings. The van der Waals surface area contributed by atoms with Gasteiger partial charge in [0.15, 0.2) is 11.4 Å². The highest BCUT2D eigenvalue weighted by Crippen LogP contribution is 2.21. The molecule has 2 aromatic heterocycles. The Morgan fingerprint density at radius 3 is 2.42 bits per heavy atom. The fourth-order valence-corrected chi connectivity index (χ4v) is 3.18. The van der Waals surface area contributed by atoms with E-state index in [1.54, 1.807) is 37.4 Å². The average molecular weight is 443 g/mol. The molecule has 0 radical (unpaired) electrons. The standard InChI is InChI=1S/C24H21N5O4/c1-32-19-10-8-16(9-11-19)20-12-17(26-15-27-20)14-25-24(31)23-21(33-2)13-22(30)29(28-23)18-6-4-3-5-7-18/h3-13,15H,14H2,1-2H3,(H,25,31). The smallest absolute Gasteiger partial charge is 0.275 e. The molecule has 0 saturated carbocycles. The van der Waals surface area contributed by atoms with E-state index in [0.717, 1.165) is 16.0 Å². The van der Waals surface area contributed by atoms with Crippen LogP contribution >= 0.6 is 0 Å². The van der Waals surface area contributed by atoms with Crippen molar-refractivity contribution in [1.29, 1.82) is 0 Å². The van der Waals surface area contributed by atoms with Crippen molar-refractivity contribution in [1.82, 2.24) is 25.1 Å². The van der Waals surface area contributed by atoms with Crippen molar-refractivity contribution in [3.63, 3.8) is 0 Å². The molecule has 2 heterocycles. The molecule has 0 bridgehead atoms. The number of nitrogens with one attached hydrogen (secondary N) is 1. The van der Waals surface area contributed by atoms with Crippen molar-refractivity contribution in [3.05, 3.63) is 94.8 Å². The number of hydrogen-bond acceptors (Lipinski definition) is 7. The van der Waals surface area contributed by atoms with E-state index in [0.29, 0.717) is 17.1 Å². The highest BCUT2D eigenvalue weighted by atomic mass is 16.5. The lowest BCUT2D eigenvalue weighted by Gasteiger charge is -2.11. The molecule has 0 aliphatic heterocycles. The number of carbonyl (C=O) groups excluding carboxylic acids is 1. The minimum absolute atomic E-state index is 0.00890. The van der Waals surface area contributed by atoms with Gasteiger partial charge in [0, 0.05) is 5.56 Å². The number of hydrogen-bond donors (Lipinski definition) is 1. The summed E-state index contributed by atoms with van der Waals surface area (Å²) in [6.45, 7) is 0.139. The minimum atomic E-state index is -0.499. The number of carbonyl (C=O) groups is 1. The van der Waals surface area contributed by atoms with Crippen LogP contribution in [0.25, 0.3) is 16.9 Å². The van der Waals surface area contributed by atoms with Crippen LogP contribution in [0.1, 0.15) is 16.2 Å². The Kier molecular flexibility index (Phi) is 6.40. The Morgan fingerprint density at radius 1 is 0.970 bits per heavy atom. The summed E-state index contributed by atoms with van der Waals surface area (Å²) in [4.78, 5) is 33.8. The lowest BCUT2D eigenvalue weighted by Crippen LogP contribution is -2.29. The number of ether oxygens (including phenoxy) is 2. The molecule has 1 amide bonds. The van der Waals surface area contributed by atoms with Gasteiger partial charge in [-0.2, -0.15) is 9.78 Å². The molecule has 4 aromatic rings. The third-order valence-electron chi connectivity index (χ3n) is 4.87. The molecular formula is C24H21N5O4. The first-order chi connectivity index (χ1) is 16.1. The highest BCUT2D eigenvalue weighted by molar-refractivity contribution is 5.94. The summed E-state index contributed by atoms with van der Waals surface area (Å²) in [7, 11) is 2.99. The predicted molar refractivity (Wildman–Crippen MR) is 122 cm³/mol. The van der Waals surface area contributed by atoms with Gasteiger partial charge in [0.2, 0.25) is 0 Å². The second-order valence-corrected chi connectivity index (χ2v) is 6.95. The van der Waals surface area contributed by atoms with Gasteiger partial charge in [-0.05, 0) is 42.5 Å². The Bertz CT molecular complexity index is 1320. The normalized spacial score (nSPS) is 10.5. The number of aromatic nitrogens is 4. The van der Waals surface area contributed by atoms with E-state index in [4.69, 9.17) is 9.47 Å². The summed E-state index contributed by atoms with van der Waals surface area (Å²) in [5.41, 5.74) is 2.34. The number of amides is 1. The summed E-state index contributed by atoms with van der Waals surface area (Å²) in [5, 5.41) is 7.01. The molecule has 166 valence electrons. The summed E-state index contributed by atoms with van der Waals surface area (Å²) in [5.74, 6) is 0.339. The molecule has 9 heteroatoms. The van der Waals surface area contributed by atoms with E-state index in [9.17, 15) is 9.59 Å². The molecule has 1 N–H and O–H groups in total. The lowest BCUT2D eigenvalue weighted by molar-refractivity contribution is 0.0940. The Hall–Kier alpha value is -4.53. The molecule has 0 atom stereocenters. The maximum atomic E-state index is 12.9. The van der Waals surface area contributed by atoms with Gasteiger partial charge >= 0.3 is 0 Å². The van der Waals surface area contributed by atoms with Crippen molar-refractivity contribution in [2.75, 3.05) is 14.2 Å². The fraction of sp³-hybridized carbons (Fsp3) is 0.125. The number of benzene rings is 2. The van der Waals surface area contributed by atoms with Gasteiger partial charge in [0.1, 0.15) is 12.1 Å². The zero-order valence-electron chi connectivity index (χ0n) is 18.1. The molecule has 9 nitrogen and oxygen atoms in total. The number of para-hydroxylation sites is 1. The van der Waals surface area contributed by atoms with Crippen molar-refractivity contribution < 1.29 is 14.3 Å². The van der Waals surface area contributed by atoms with Crippen molar-refractivity contribution >= 4 is 5.91 Å². The van der Waals surface area contributed by atoms with E-state index in [1.165, 1.54) is 19.5 Å². The van der Waals surface area contributed by atoms with E-state index in [1.807, 2.05) is 30.3 Å². The zero-order chi connectivity index (χ0) is 23.2. The largest absolute Gasteiger partial charge is 0.497 e. The third kappa shape index (κ3) is 4.87. The first-order valence-corrected chi connectivity index (χ1v) is 10.1. The first kappa shape index (κ1) is 21.7. The van der Waals surface area contributed by atoms with Crippen molar-refractivity contribution in [2.45, 2.75) is 6.54 Å². The molecule has 4 rings (SSSR count). The molecule has 0 aliphatic carbocycles. The SMILES string of the molecule is COc1ccc(-c2cc(CNC(=O)c3nn(-c4ccccc4)c(=O)cc3OC)ncn2)cc1. The van der Waals surface area contributed by atoms with Crippen molar-refractivity contribution in [2.24, 2.45) is 0 Å². The summed E-state index contributed by atoms with van der Waals surface area (Å²) < 4.78 is 11.6. The predicted octanol–water partition coefficient (Wildman–Crippen LogP) is 2.64. The minimum Gasteiger partial charge on any atom is -0.497 e. The third-order valence-corrected chi connectivity index (χ3v) is 4.87. The van der Waals surface area contributed by atoms with Gasteiger partial charge in [-0.25, -0.2) is 9.97 Å². The van der Waals surface area contributed by atoms with E-state index in [2.05, 4.69) is 20.4 Å². The van der Waals surface area contributed by atoms with Crippen LogP contribution in [0.4, 0.5) is 0 Å². The molecule has 2 aromatic carbocycles. The van der Waals surface area contributed by atoms with Crippen LogP contribution in [-0.2, 0) is 6.54 Å². The van der Waals surface area contributed by atoms with Gasteiger partial charge in [-0.15, -0.1) is 0 Å². The molecular weight excluding hydrogens is 422 g/mol. The van der Waals surface area contributed by atoms with Crippen LogP contribution in [0.5, 0.6) is 11.5 Å². The maximum Gasteiger partial charge on any atom is 0.275 e. The van der Waals surface area contributed by atoms with E-state index >= 15 is 0 Å². The quantitative estimate of drug-likeness (QED) is 0.468. The zero-order valence-corrected chi connectivity index (χ0v) is 18.1. The number of nitrogens with zero attached hydrogens (tertiary/aromatic N) is 4. The molecule has 0 spiro atoms. The monoisotopic (exact) mass is 443 g/mol. The van der Waals surface area contributed by atoms with Crippen LogP contribution in [0.2, 0.25) is 0 Å². The van der Waals surface area contributed by atoms with E-state index < -0.39 is 11.5 Å². The number of methoxy groups -OCH3 is 2. The second-order valence-electron chi connectivity index (χ2n) is 6.95. The Labute approximate surface area is 189 Å². The number of rotatable bonds is 7. The molecule has 0 unspecified atom stereocenters. The van der Waals surface area contributed by atoms with Crippen LogP contribution in [0, 0.1) is 0 Å². The van der Waals surface area contributed by atoms with Crippen molar-refractivity contribution in [3.8, 4) is 28.4 Å². The Balaban J connectivity index is 1.55. The topological polar surface area (TPSA) is 108 Å². The maximum absolute atomic E-state index is 12.9. The molecule has 33 heavy (non-hydrogen) atoms. The first-order valence-electron chi connectivity index (χ1n) is 10.1.